The number of hydrogen-bond acceptors (Lipinski definition) is 1. The lowest BCUT2D eigenvalue weighted by Gasteiger charge is -2.27. The summed E-state index contributed by atoms with van der Waals surface area (Å²) in [6.45, 7) is 0.454. The van der Waals surface area contributed by atoms with Crippen molar-refractivity contribution in [2.45, 2.75) is 19.0 Å². The van der Waals surface area contributed by atoms with Gasteiger partial charge in [-0.3, -0.25) is 0 Å². The summed E-state index contributed by atoms with van der Waals surface area (Å²) in [4.78, 5) is 0. The zero-order valence-electron chi connectivity index (χ0n) is 7.54. The third-order valence-electron chi connectivity index (χ3n) is 2.85. The van der Waals surface area contributed by atoms with E-state index in [0.717, 1.165) is 24.0 Å². The minimum atomic E-state index is -0.852. The van der Waals surface area contributed by atoms with Crippen LogP contribution in [0.4, 0.5) is 4.39 Å². The second kappa shape index (κ2) is 3.46. The lowest BCUT2D eigenvalue weighted by Crippen LogP contribution is -2.24. The Morgan fingerprint density at radius 1 is 1.38 bits per heavy atom. The largest absolute Gasteiger partial charge is 0.330 e. The fourth-order valence-corrected chi connectivity index (χ4v) is 2.01. The highest BCUT2D eigenvalue weighted by molar-refractivity contribution is 5.31. The van der Waals surface area contributed by atoms with Crippen LogP contribution >= 0.6 is 0 Å². The highest BCUT2D eigenvalue weighted by Crippen LogP contribution is 2.36. The van der Waals surface area contributed by atoms with Crippen LogP contribution in [0, 0.1) is 5.92 Å². The molecule has 0 radical (unpaired) electrons. The van der Waals surface area contributed by atoms with Crippen molar-refractivity contribution in [3.63, 3.8) is 0 Å². The van der Waals surface area contributed by atoms with Crippen molar-refractivity contribution in [3.8, 4) is 0 Å². The van der Waals surface area contributed by atoms with Crippen molar-refractivity contribution in [1.29, 1.82) is 0 Å². The lowest BCUT2D eigenvalue weighted by molar-refractivity contribution is 0.211. The van der Waals surface area contributed by atoms with E-state index in [1.54, 1.807) is 0 Å². The van der Waals surface area contributed by atoms with Crippen molar-refractivity contribution in [3.05, 3.63) is 35.4 Å². The summed E-state index contributed by atoms with van der Waals surface area (Å²) in [5.41, 5.74) is 7.51. The Labute approximate surface area is 77.8 Å². The second-order valence-electron chi connectivity index (χ2n) is 3.64. The molecule has 70 valence electrons. The first-order valence-electron chi connectivity index (χ1n) is 4.75. The van der Waals surface area contributed by atoms with Gasteiger partial charge < -0.3 is 5.73 Å². The molecule has 0 saturated heterocycles. The molecule has 0 fully saturated rings. The SMILES string of the molecule is NCC1CCc2ccccc2C1F. The molecule has 2 rings (SSSR count). The van der Waals surface area contributed by atoms with Crippen molar-refractivity contribution < 1.29 is 4.39 Å². The van der Waals surface area contributed by atoms with Gasteiger partial charge in [0.05, 0.1) is 0 Å². The number of nitrogens with two attached hydrogens (primary N) is 1. The standard InChI is InChI=1S/C11H14FN/c12-11-9(7-13)6-5-8-3-1-2-4-10(8)11/h1-4,9,11H,5-7,13H2. The number of benzene rings is 1. The monoisotopic (exact) mass is 179 g/mol. The maximum atomic E-state index is 13.8. The molecule has 1 aliphatic carbocycles. The summed E-state index contributed by atoms with van der Waals surface area (Å²) >= 11 is 0. The van der Waals surface area contributed by atoms with Crippen LogP contribution in [0.5, 0.6) is 0 Å². The molecule has 13 heavy (non-hydrogen) atoms. The topological polar surface area (TPSA) is 26.0 Å². The van der Waals surface area contributed by atoms with Gasteiger partial charge in [-0.1, -0.05) is 24.3 Å². The van der Waals surface area contributed by atoms with Crippen LogP contribution < -0.4 is 5.73 Å². The van der Waals surface area contributed by atoms with E-state index in [1.165, 1.54) is 0 Å². The summed E-state index contributed by atoms with van der Waals surface area (Å²) in [7, 11) is 0. The molecule has 1 nitrogen and oxygen atoms in total. The first-order chi connectivity index (χ1) is 6.33. The molecule has 0 heterocycles. The fraction of sp³-hybridized carbons (Fsp3) is 0.455. The fourth-order valence-electron chi connectivity index (χ4n) is 2.01. The summed E-state index contributed by atoms with van der Waals surface area (Å²) in [5.74, 6) is 0.0231. The highest BCUT2D eigenvalue weighted by atomic mass is 19.1. The van der Waals surface area contributed by atoms with Gasteiger partial charge >= 0.3 is 0 Å². The average molecular weight is 179 g/mol. The molecule has 0 aliphatic heterocycles. The Balaban J connectivity index is 2.33. The number of alkyl halides is 1. The first-order valence-corrected chi connectivity index (χ1v) is 4.75. The zero-order valence-corrected chi connectivity index (χ0v) is 7.54. The summed E-state index contributed by atoms with van der Waals surface area (Å²) in [6, 6.07) is 7.75. The van der Waals surface area contributed by atoms with E-state index in [-0.39, 0.29) is 5.92 Å². The molecule has 0 aromatic heterocycles. The molecule has 2 unspecified atom stereocenters. The maximum Gasteiger partial charge on any atom is 0.129 e. The van der Waals surface area contributed by atoms with Gasteiger partial charge in [0.25, 0.3) is 0 Å². The molecule has 2 atom stereocenters. The Bertz CT molecular complexity index is 298. The molecule has 2 N–H and O–H groups in total. The van der Waals surface area contributed by atoms with Crippen LogP contribution in [0.2, 0.25) is 0 Å². The van der Waals surface area contributed by atoms with Gasteiger partial charge in [-0.25, -0.2) is 4.39 Å². The number of aryl methyl sites for hydroxylation is 1. The van der Waals surface area contributed by atoms with Crippen LogP contribution in [0.15, 0.2) is 24.3 Å². The van der Waals surface area contributed by atoms with Crippen LogP contribution in [-0.4, -0.2) is 6.54 Å². The Hall–Kier alpha value is -0.890. The zero-order chi connectivity index (χ0) is 9.26. The highest BCUT2D eigenvalue weighted by Gasteiger charge is 2.27. The predicted octanol–water partition coefficient (Wildman–Crippen LogP) is 2.22. The lowest BCUT2D eigenvalue weighted by atomic mass is 9.82. The van der Waals surface area contributed by atoms with E-state index in [0.29, 0.717) is 6.54 Å². The van der Waals surface area contributed by atoms with Crippen LogP contribution in [0.1, 0.15) is 23.7 Å². The van der Waals surface area contributed by atoms with Crippen LogP contribution in [-0.2, 0) is 6.42 Å². The Morgan fingerprint density at radius 3 is 2.92 bits per heavy atom. The maximum absolute atomic E-state index is 13.8. The molecule has 2 heteroatoms. The Morgan fingerprint density at radius 2 is 2.15 bits per heavy atom. The van der Waals surface area contributed by atoms with E-state index in [1.807, 2.05) is 24.3 Å². The first kappa shape index (κ1) is 8.70. The summed E-state index contributed by atoms with van der Waals surface area (Å²) in [6.07, 6.45) is 1.00. The molecular formula is C11H14FN. The number of halogens is 1. The molecule has 0 spiro atoms. The smallest absolute Gasteiger partial charge is 0.129 e. The van der Waals surface area contributed by atoms with Gasteiger partial charge in [-0.15, -0.1) is 0 Å². The van der Waals surface area contributed by atoms with Gasteiger partial charge in [-0.2, -0.15) is 0 Å². The minimum absolute atomic E-state index is 0.0231. The van der Waals surface area contributed by atoms with Crippen LogP contribution in [0.25, 0.3) is 0 Å². The molecule has 0 bridgehead atoms. The van der Waals surface area contributed by atoms with Crippen molar-refractivity contribution in [1.82, 2.24) is 0 Å². The van der Waals surface area contributed by atoms with E-state index in [9.17, 15) is 4.39 Å². The third-order valence-corrected chi connectivity index (χ3v) is 2.85. The van der Waals surface area contributed by atoms with E-state index in [4.69, 9.17) is 5.73 Å². The Kier molecular flexibility index (Phi) is 2.32. The van der Waals surface area contributed by atoms with Crippen LogP contribution in [0.3, 0.4) is 0 Å². The van der Waals surface area contributed by atoms with Crippen molar-refractivity contribution in [2.75, 3.05) is 6.54 Å². The minimum Gasteiger partial charge on any atom is -0.330 e. The molecule has 0 amide bonds. The quantitative estimate of drug-likeness (QED) is 0.702. The normalized spacial score (nSPS) is 26.9. The molecule has 0 saturated carbocycles. The average Bonchev–Trinajstić information content (AvgIpc) is 2.19. The second-order valence-corrected chi connectivity index (χ2v) is 3.64. The molecule has 1 aliphatic rings. The predicted molar refractivity (Wildman–Crippen MR) is 51.2 cm³/mol. The molecular weight excluding hydrogens is 165 g/mol. The van der Waals surface area contributed by atoms with Gasteiger partial charge in [-0.05, 0) is 30.5 Å². The van der Waals surface area contributed by atoms with Gasteiger partial charge in [0.15, 0.2) is 0 Å². The van der Waals surface area contributed by atoms with E-state index in [2.05, 4.69) is 0 Å². The summed E-state index contributed by atoms with van der Waals surface area (Å²) in [5, 5.41) is 0. The summed E-state index contributed by atoms with van der Waals surface area (Å²) < 4.78 is 13.8. The molecule has 1 aromatic carbocycles. The number of fused-ring (bicyclic) bond motifs is 1. The van der Waals surface area contributed by atoms with Crippen molar-refractivity contribution in [2.24, 2.45) is 11.7 Å². The number of rotatable bonds is 1. The van der Waals surface area contributed by atoms with Gasteiger partial charge in [0, 0.05) is 5.92 Å². The van der Waals surface area contributed by atoms with Crippen molar-refractivity contribution >= 4 is 0 Å². The van der Waals surface area contributed by atoms with E-state index < -0.39 is 6.17 Å². The molecule has 1 aromatic rings. The number of hydrogen-bond donors (Lipinski definition) is 1. The third kappa shape index (κ3) is 1.46. The van der Waals surface area contributed by atoms with E-state index >= 15 is 0 Å². The van der Waals surface area contributed by atoms with Gasteiger partial charge in [0.1, 0.15) is 6.17 Å². The van der Waals surface area contributed by atoms with Gasteiger partial charge in [0.2, 0.25) is 0 Å².